The van der Waals surface area contributed by atoms with Crippen molar-refractivity contribution in [3.05, 3.63) is 83.4 Å². The highest BCUT2D eigenvalue weighted by Crippen LogP contribution is 2.20. The minimum Gasteiger partial charge on any atom is -0.445 e. The van der Waals surface area contributed by atoms with Crippen LogP contribution in [0.5, 0.6) is 0 Å². The summed E-state index contributed by atoms with van der Waals surface area (Å²) in [6, 6.07) is 18.9. The molecular formula is C22H25NO4. The summed E-state index contributed by atoms with van der Waals surface area (Å²) in [7, 11) is 0. The third kappa shape index (κ3) is 5.18. The van der Waals surface area contributed by atoms with Gasteiger partial charge in [-0.25, -0.2) is 4.79 Å². The van der Waals surface area contributed by atoms with E-state index in [2.05, 4.69) is 0 Å². The van der Waals surface area contributed by atoms with Gasteiger partial charge in [0, 0.05) is 6.54 Å². The summed E-state index contributed by atoms with van der Waals surface area (Å²) < 4.78 is 11.2. The Morgan fingerprint density at radius 1 is 1.04 bits per heavy atom. The van der Waals surface area contributed by atoms with Crippen molar-refractivity contribution in [3.8, 4) is 0 Å². The Bertz CT molecular complexity index is 760. The number of benzene rings is 2. The standard InChI is InChI=1S/C22H25NO4/c1-17-12-13-23(22(25)27-15-19-10-6-3-7-11-19)20(21(17)24)16-26-14-18-8-4-2-5-9-18/h2-12,20-21,24H,13-16H2,1H3/t20-,21-/m1/s1. The summed E-state index contributed by atoms with van der Waals surface area (Å²) in [5, 5.41) is 10.5. The SMILES string of the molecule is CC1=CCN(C(=O)OCc2ccccc2)[C@H](COCc2ccccc2)[C@@H]1O. The van der Waals surface area contributed by atoms with Gasteiger partial charge >= 0.3 is 6.09 Å². The number of carbonyl (C=O) groups is 1. The zero-order valence-electron chi connectivity index (χ0n) is 15.5. The maximum absolute atomic E-state index is 12.6. The van der Waals surface area contributed by atoms with Gasteiger partial charge in [0.2, 0.25) is 0 Å². The number of carbonyl (C=O) groups excluding carboxylic acids is 1. The predicted molar refractivity (Wildman–Crippen MR) is 103 cm³/mol. The van der Waals surface area contributed by atoms with E-state index < -0.39 is 18.2 Å². The monoisotopic (exact) mass is 367 g/mol. The summed E-state index contributed by atoms with van der Waals surface area (Å²) in [5.41, 5.74) is 2.82. The smallest absolute Gasteiger partial charge is 0.410 e. The first kappa shape index (κ1) is 19.1. The van der Waals surface area contributed by atoms with E-state index in [0.29, 0.717) is 13.2 Å². The van der Waals surface area contributed by atoms with Gasteiger partial charge in [-0.05, 0) is 23.6 Å². The van der Waals surface area contributed by atoms with Crippen LogP contribution in [0.15, 0.2) is 72.3 Å². The van der Waals surface area contributed by atoms with Crippen LogP contribution in [-0.2, 0) is 22.7 Å². The van der Waals surface area contributed by atoms with Crippen molar-refractivity contribution in [3.63, 3.8) is 0 Å². The highest BCUT2D eigenvalue weighted by Gasteiger charge is 2.34. The van der Waals surface area contributed by atoms with Crippen LogP contribution in [0.25, 0.3) is 0 Å². The minimum absolute atomic E-state index is 0.201. The molecule has 0 saturated heterocycles. The molecule has 2 atom stereocenters. The van der Waals surface area contributed by atoms with Crippen molar-refractivity contribution >= 4 is 6.09 Å². The van der Waals surface area contributed by atoms with Gasteiger partial charge < -0.3 is 14.6 Å². The number of ether oxygens (including phenoxy) is 2. The van der Waals surface area contributed by atoms with E-state index in [1.807, 2.05) is 73.7 Å². The molecule has 5 nitrogen and oxygen atoms in total. The second-order valence-electron chi connectivity index (χ2n) is 6.65. The fourth-order valence-electron chi connectivity index (χ4n) is 3.04. The second kappa shape index (κ2) is 9.35. The second-order valence-corrected chi connectivity index (χ2v) is 6.65. The molecule has 2 aromatic carbocycles. The molecule has 142 valence electrons. The molecule has 5 heteroatoms. The summed E-state index contributed by atoms with van der Waals surface area (Å²) in [6.07, 6.45) is 0.635. The van der Waals surface area contributed by atoms with Gasteiger partial charge in [-0.15, -0.1) is 0 Å². The summed E-state index contributed by atoms with van der Waals surface area (Å²) >= 11 is 0. The van der Waals surface area contributed by atoms with Crippen molar-refractivity contribution in [1.29, 1.82) is 0 Å². The fourth-order valence-corrected chi connectivity index (χ4v) is 3.04. The lowest BCUT2D eigenvalue weighted by Gasteiger charge is -2.37. The molecule has 0 aliphatic carbocycles. The Balaban J connectivity index is 1.59. The topological polar surface area (TPSA) is 59.0 Å². The summed E-state index contributed by atoms with van der Waals surface area (Å²) in [4.78, 5) is 14.1. The molecule has 0 fully saturated rings. The highest BCUT2D eigenvalue weighted by atomic mass is 16.6. The van der Waals surface area contributed by atoms with E-state index in [1.165, 1.54) is 4.90 Å². The Kier molecular flexibility index (Phi) is 6.63. The van der Waals surface area contributed by atoms with Crippen LogP contribution >= 0.6 is 0 Å². The first-order chi connectivity index (χ1) is 13.1. The number of aliphatic hydroxyl groups excluding tert-OH is 1. The molecule has 1 N–H and O–H groups in total. The lowest BCUT2D eigenvalue weighted by Crippen LogP contribution is -2.52. The molecule has 0 unspecified atom stereocenters. The van der Waals surface area contributed by atoms with E-state index in [9.17, 15) is 9.90 Å². The molecule has 1 aliphatic rings. The molecule has 0 spiro atoms. The zero-order valence-corrected chi connectivity index (χ0v) is 15.5. The molecule has 0 saturated carbocycles. The molecule has 2 aromatic rings. The van der Waals surface area contributed by atoms with Gasteiger partial charge in [0.1, 0.15) is 6.61 Å². The van der Waals surface area contributed by atoms with Crippen LogP contribution in [0.1, 0.15) is 18.1 Å². The first-order valence-corrected chi connectivity index (χ1v) is 9.09. The molecule has 1 amide bonds. The maximum Gasteiger partial charge on any atom is 0.410 e. The van der Waals surface area contributed by atoms with Gasteiger partial charge in [0.25, 0.3) is 0 Å². The van der Waals surface area contributed by atoms with E-state index >= 15 is 0 Å². The van der Waals surface area contributed by atoms with E-state index in [-0.39, 0.29) is 13.2 Å². The largest absolute Gasteiger partial charge is 0.445 e. The van der Waals surface area contributed by atoms with E-state index in [1.54, 1.807) is 0 Å². The van der Waals surface area contributed by atoms with Crippen molar-refractivity contribution in [2.75, 3.05) is 13.2 Å². The van der Waals surface area contributed by atoms with E-state index in [4.69, 9.17) is 9.47 Å². The maximum atomic E-state index is 12.6. The van der Waals surface area contributed by atoms with Gasteiger partial charge in [-0.1, -0.05) is 66.7 Å². The highest BCUT2D eigenvalue weighted by molar-refractivity contribution is 5.69. The van der Waals surface area contributed by atoms with Gasteiger partial charge in [0.05, 0.1) is 25.4 Å². The average molecular weight is 367 g/mol. The molecule has 27 heavy (non-hydrogen) atoms. The molecule has 0 bridgehead atoms. The first-order valence-electron chi connectivity index (χ1n) is 9.09. The normalized spacial score (nSPS) is 19.5. The van der Waals surface area contributed by atoms with Gasteiger partial charge in [0.15, 0.2) is 0 Å². The number of hydrogen-bond donors (Lipinski definition) is 1. The molecule has 1 heterocycles. The van der Waals surface area contributed by atoms with Crippen LogP contribution in [0.2, 0.25) is 0 Å². The average Bonchev–Trinajstić information content (AvgIpc) is 2.71. The number of aliphatic hydroxyl groups is 1. The van der Waals surface area contributed by atoms with Crippen LogP contribution < -0.4 is 0 Å². The Labute approximate surface area is 159 Å². The zero-order chi connectivity index (χ0) is 19.1. The van der Waals surface area contributed by atoms with Crippen molar-refractivity contribution in [2.45, 2.75) is 32.3 Å². The molecule has 0 radical (unpaired) electrons. The van der Waals surface area contributed by atoms with E-state index in [0.717, 1.165) is 16.7 Å². The van der Waals surface area contributed by atoms with Gasteiger partial charge in [-0.3, -0.25) is 4.90 Å². The lowest BCUT2D eigenvalue weighted by molar-refractivity contribution is -0.00810. The van der Waals surface area contributed by atoms with Crippen LogP contribution in [0.4, 0.5) is 4.79 Å². The quantitative estimate of drug-likeness (QED) is 0.794. The Morgan fingerprint density at radius 2 is 1.63 bits per heavy atom. The predicted octanol–water partition coefficient (Wildman–Crippen LogP) is 3.53. The van der Waals surface area contributed by atoms with Crippen LogP contribution in [0, 0.1) is 0 Å². The summed E-state index contributed by atoms with van der Waals surface area (Å²) in [5.74, 6) is 0. The van der Waals surface area contributed by atoms with Crippen LogP contribution in [0.3, 0.4) is 0 Å². The number of nitrogens with zero attached hydrogens (tertiary/aromatic N) is 1. The van der Waals surface area contributed by atoms with Crippen molar-refractivity contribution in [2.24, 2.45) is 0 Å². The fraction of sp³-hybridized carbons (Fsp3) is 0.318. The number of rotatable bonds is 6. The molecular weight excluding hydrogens is 342 g/mol. The van der Waals surface area contributed by atoms with Crippen molar-refractivity contribution < 1.29 is 19.4 Å². The van der Waals surface area contributed by atoms with Gasteiger partial charge in [-0.2, -0.15) is 0 Å². The Hall–Kier alpha value is -2.63. The van der Waals surface area contributed by atoms with Crippen molar-refractivity contribution in [1.82, 2.24) is 4.90 Å². The third-order valence-corrected chi connectivity index (χ3v) is 4.68. The number of amides is 1. The summed E-state index contributed by atoms with van der Waals surface area (Å²) in [6.45, 7) is 3.13. The van der Waals surface area contributed by atoms with Crippen LogP contribution in [-0.4, -0.2) is 41.4 Å². The molecule has 3 rings (SSSR count). The molecule has 0 aromatic heterocycles. The lowest BCUT2D eigenvalue weighted by atomic mass is 9.99. The number of hydrogen-bond acceptors (Lipinski definition) is 4. The minimum atomic E-state index is -0.765. The molecule has 1 aliphatic heterocycles. The third-order valence-electron chi connectivity index (χ3n) is 4.68. The Morgan fingerprint density at radius 3 is 2.26 bits per heavy atom.